The summed E-state index contributed by atoms with van der Waals surface area (Å²) in [5, 5.41) is 4.53. The van der Waals surface area contributed by atoms with Gasteiger partial charge in [-0.1, -0.05) is 66.7 Å². The molecule has 0 aliphatic rings. The van der Waals surface area contributed by atoms with Gasteiger partial charge in [-0.3, -0.25) is 4.79 Å². The van der Waals surface area contributed by atoms with Crippen LogP contribution in [-0.2, 0) is 0 Å². The van der Waals surface area contributed by atoms with Crippen LogP contribution in [0.3, 0.4) is 0 Å². The Morgan fingerprint density at radius 1 is 0.885 bits per heavy atom. The number of aryl methyl sites for hydroxylation is 1. The third-order valence-electron chi connectivity index (χ3n) is 4.70. The van der Waals surface area contributed by atoms with Crippen molar-refractivity contribution in [3.63, 3.8) is 0 Å². The van der Waals surface area contributed by atoms with Gasteiger partial charge in [0.1, 0.15) is 6.04 Å². The number of carbonyl (C=O) groups excluding carboxylic acids is 1. The van der Waals surface area contributed by atoms with Gasteiger partial charge >= 0.3 is 0 Å². The molecule has 0 bridgehead atoms. The Kier molecular flexibility index (Phi) is 4.28. The van der Waals surface area contributed by atoms with Gasteiger partial charge in [-0.2, -0.15) is 0 Å². The van der Waals surface area contributed by atoms with Crippen LogP contribution in [0.15, 0.2) is 85.1 Å². The maximum atomic E-state index is 13.3. The summed E-state index contributed by atoms with van der Waals surface area (Å²) < 4.78 is 0. The molecule has 128 valence electrons. The predicted octanol–water partition coefficient (Wildman–Crippen LogP) is 5.51. The van der Waals surface area contributed by atoms with E-state index in [1.165, 1.54) is 0 Å². The first-order chi connectivity index (χ1) is 12.7. The van der Waals surface area contributed by atoms with E-state index in [2.05, 4.69) is 10.3 Å². The smallest absolute Gasteiger partial charge is 0.189 e. The van der Waals surface area contributed by atoms with Crippen LogP contribution in [0.25, 0.3) is 10.9 Å². The molecular formula is C23H20N2O. The van der Waals surface area contributed by atoms with Gasteiger partial charge in [-0.15, -0.1) is 0 Å². The number of rotatable bonds is 5. The van der Waals surface area contributed by atoms with Crippen molar-refractivity contribution >= 4 is 22.4 Å². The van der Waals surface area contributed by atoms with Crippen LogP contribution in [0.1, 0.15) is 27.5 Å². The molecule has 1 aromatic heterocycles. The number of aromatic amines is 1. The van der Waals surface area contributed by atoms with Crippen molar-refractivity contribution in [2.24, 2.45) is 0 Å². The Labute approximate surface area is 152 Å². The monoisotopic (exact) mass is 340 g/mol. The minimum Gasteiger partial charge on any atom is -0.371 e. The predicted molar refractivity (Wildman–Crippen MR) is 107 cm³/mol. The summed E-state index contributed by atoms with van der Waals surface area (Å²) >= 11 is 0. The van der Waals surface area contributed by atoms with Crippen LogP contribution >= 0.6 is 0 Å². The molecule has 0 fully saturated rings. The van der Waals surface area contributed by atoms with E-state index in [0.29, 0.717) is 5.56 Å². The number of ketones is 1. The Hall–Kier alpha value is -3.33. The lowest BCUT2D eigenvalue weighted by Gasteiger charge is -2.20. The molecule has 2 N–H and O–H groups in total. The normalized spacial score (nSPS) is 12.0. The van der Waals surface area contributed by atoms with Gasteiger partial charge in [0.25, 0.3) is 0 Å². The van der Waals surface area contributed by atoms with Crippen LogP contribution in [0, 0.1) is 6.92 Å². The van der Waals surface area contributed by atoms with Gasteiger partial charge in [0.15, 0.2) is 5.78 Å². The van der Waals surface area contributed by atoms with Crippen molar-refractivity contribution in [3.8, 4) is 0 Å². The molecule has 1 heterocycles. The third-order valence-corrected chi connectivity index (χ3v) is 4.70. The molecule has 0 saturated heterocycles. The number of hydrogen-bond donors (Lipinski definition) is 2. The highest BCUT2D eigenvalue weighted by Crippen LogP contribution is 2.30. The first-order valence-corrected chi connectivity index (χ1v) is 8.71. The Morgan fingerprint density at radius 2 is 1.58 bits per heavy atom. The zero-order valence-corrected chi connectivity index (χ0v) is 14.6. The molecule has 3 aromatic carbocycles. The van der Waals surface area contributed by atoms with Crippen molar-refractivity contribution in [3.05, 3.63) is 102 Å². The van der Waals surface area contributed by atoms with Crippen LogP contribution in [0.4, 0.5) is 5.69 Å². The van der Waals surface area contributed by atoms with E-state index in [4.69, 9.17) is 0 Å². The summed E-state index contributed by atoms with van der Waals surface area (Å²) in [5.74, 6) is 0.0543. The van der Waals surface area contributed by atoms with Crippen LogP contribution in [0.2, 0.25) is 0 Å². The van der Waals surface area contributed by atoms with Crippen LogP contribution in [0.5, 0.6) is 0 Å². The molecular weight excluding hydrogens is 320 g/mol. The molecule has 0 amide bonds. The van der Waals surface area contributed by atoms with Gasteiger partial charge in [0.05, 0.1) is 0 Å². The summed E-state index contributed by atoms with van der Waals surface area (Å²) in [4.78, 5) is 16.6. The molecule has 0 saturated carbocycles. The van der Waals surface area contributed by atoms with Gasteiger partial charge in [-0.25, -0.2) is 0 Å². The van der Waals surface area contributed by atoms with Crippen molar-refractivity contribution in [1.29, 1.82) is 0 Å². The third kappa shape index (κ3) is 3.00. The van der Waals surface area contributed by atoms with Gasteiger partial charge in [0, 0.05) is 33.9 Å². The lowest BCUT2D eigenvalue weighted by atomic mass is 9.96. The van der Waals surface area contributed by atoms with E-state index in [0.717, 1.165) is 27.7 Å². The highest BCUT2D eigenvalue weighted by molar-refractivity contribution is 6.04. The zero-order chi connectivity index (χ0) is 17.9. The second kappa shape index (κ2) is 6.89. The van der Waals surface area contributed by atoms with E-state index >= 15 is 0 Å². The van der Waals surface area contributed by atoms with Crippen molar-refractivity contribution in [1.82, 2.24) is 4.98 Å². The molecule has 0 radical (unpaired) electrons. The van der Waals surface area contributed by atoms with Crippen LogP contribution in [-0.4, -0.2) is 10.8 Å². The van der Waals surface area contributed by atoms with E-state index in [-0.39, 0.29) is 5.78 Å². The molecule has 1 atom stereocenters. The molecule has 3 heteroatoms. The molecule has 4 rings (SSSR count). The van der Waals surface area contributed by atoms with Gasteiger partial charge < -0.3 is 10.3 Å². The number of anilines is 1. The number of H-pyrrole nitrogens is 1. The van der Waals surface area contributed by atoms with Crippen LogP contribution < -0.4 is 5.32 Å². The minimum atomic E-state index is -0.463. The van der Waals surface area contributed by atoms with Gasteiger partial charge in [-0.05, 0) is 24.6 Å². The SMILES string of the molecule is Cc1ccccc1NC(C(=O)c1ccccc1)c1c[nH]c2ccccc12. The maximum absolute atomic E-state index is 13.3. The molecule has 26 heavy (non-hydrogen) atoms. The second-order valence-electron chi connectivity index (χ2n) is 6.41. The number of para-hydroxylation sites is 2. The number of aromatic nitrogens is 1. The fourth-order valence-corrected chi connectivity index (χ4v) is 3.28. The van der Waals surface area contributed by atoms with E-state index in [1.807, 2.05) is 92.0 Å². The standard InChI is InChI=1S/C23H20N2O/c1-16-9-5-7-13-20(16)25-22(23(26)17-10-3-2-4-11-17)19-15-24-21-14-8-6-12-18(19)21/h2-15,22,24-25H,1H3. The summed E-state index contributed by atoms with van der Waals surface area (Å²) in [6.07, 6.45) is 1.93. The number of hydrogen-bond acceptors (Lipinski definition) is 2. The fourth-order valence-electron chi connectivity index (χ4n) is 3.28. The molecule has 0 aliphatic heterocycles. The molecule has 1 unspecified atom stereocenters. The largest absolute Gasteiger partial charge is 0.371 e. The summed E-state index contributed by atoms with van der Waals surface area (Å²) in [6, 6.07) is 25.1. The minimum absolute atomic E-state index is 0.0543. The summed E-state index contributed by atoms with van der Waals surface area (Å²) in [7, 11) is 0. The highest BCUT2D eigenvalue weighted by atomic mass is 16.1. The lowest BCUT2D eigenvalue weighted by Crippen LogP contribution is -2.21. The summed E-state index contributed by atoms with van der Waals surface area (Å²) in [6.45, 7) is 2.04. The maximum Gasteiger partial charge on any atom is 0.189 e. The number of benzene rings is 3. The molecule has 4 aromatic rings. The fraction of sp³-hybridized carbons (Fsp3) is 0.0870. The zero-order valence-electron chi connectivity index (χ0n) is 14.6. The van der Waals surface area contributed by atoms with Gasteiger partial charge in [0.2, 0.25) is 0 Å². The molecule has 3 nitrogen and oxygen atoms in total. The Morgan fingerprint density at radius 3 is 2.38 bits per heavy atom. The topological polar surface area (TPSA) is 44.9 Å². The van der Waals surface area contributed by atoms with Crippen molar-refractivity contribution < 1.29 is 4.79 Å². The highest BCUT2D eigenvalue weighted by Gasteiger charge is 2.25. The quantitative estimate of drug-likeness (QED) is 0.470. The number of nitrogens with one attached hydrogen (secondary N) is 2. The molecule has 0 aliphatic carbocycles. The second-order valence-corrected chi connectivity index (χ2v) is 6.41. The first kappa shape index (κ1) is 16.2. The Bertz CT molecular complexity index is 1050. The Balaban J connectivity index is 1.81. The average molecular weight is 340 g/mol. The average Bonchev–Trinajstić information content (AvgIpc) is 3.11. The van der Waals surface area contributed by atoms with Crippen molar-refractivity contribution in [2.45, 2.75) is 13.0 Å². The number of Topliss-reactive ketones (excluding diaryl/α,β-unsaturated/α-hetero) is 1. The molecule has 0 spiro atoms. The summed E-state index contributed by atoms with van der Waals surface area (Å²) in [5.41, 5.74) is 4.76. The van der Waals surface area contributed by atoms with Crippen molar-refractivity contribution in [2.75, 3.05) is 5.32 Å². The van der Waals surface area contributed by atoms with E-state index in [9.17, 15) is 4.79 Å². The van der Waals surface area contributed by atoms with E-state index in [1.54, 1.807) is 0 Å². The number of fused-ring (bicyclic) bond motifs is 1. The van der Waals surface area contributed by atoms with E-state index < -0.39 is 6.04 Å². The number of carbonyl (C=O) groups is 1. The lowest BCUT2D eigenvalue weighted by molar-refractivity contribution is 0.0970. The first-order valence-electron chi connectivity index (χ1n) is 8.71.